The monoisotopic (exact) mass is 354 g/mol. The lowest BCUT2D eigenvalue weighted by Gasteiger charge is -2.28. The Labute approximate surface area is 136 Å². The third-order valence-electron chi connectivity index (χ3n) is 2.97. The summed E-state index contributed by atoms with van der Waals surface area (Å²) < 4.78 is 31.0. The molecule has 1 aromatic heterocycles. The molecule has 0 unspecified atom stereocenters. The second-order valence-corrected chi connectivity index (χ2v) is 7.44. The average molecular weight is 355 g/mol. The Morgan fingerprint density at radius 3 is 2.59 bits per heavy atom. The number of aromatic amines is 1. The Bertz CT molecular complexity index is 600. The van der Waals surface area contributed by atoms with E-state index >= 15 is 0 Å². The maximum absolute atomic E-state index is 12.5. The van der Waals surface area contributed by atoms with Crippen molar-refractivity contribution in [3.8, 4) is 0 Å². The zero-order valence-corrected chi connectivity index (χ0v) is 14.8. The van der Waals surface area contributed by atoms with Gasteiger partial charge in [-0.3, -0.25) is 5.10 Å². The van der Waals surface area contributed by atoms with Crippen molar-refractivity contribution in [2.24, 2.45) is 11.1 Å². The molecule has 1 rings (SSSR count). The minimum atomic E-state index is -3.87. The van der Waals surface area contributed by atoms with Crippen LogP contribution in [0.4, 0.5) is 0 Å². The van der Waals surface area contributed by atoms with Crippen LogP contribution in [-0.4, -0.2) is 55.6 Å². The molecule has 0 aliphatic carbocycles. The lowest BCUT2D eigenvalue weighted by Crippen LogP contribution is -2.40. The topological polar surface area (TPSA) is 118 Å². The molecule has 0 radical (unpaired) electrons. The van der Waals surface area contributed by atoms with E-state index in [1.165, 1.54) is 7.05 Å². The highest BCUT2D eigenvalue weighted by atomic mass is 35.5. The number of hydrogen-bond acceptors (Lipinski definition) is 6. The van der Waals surface area contributed by atoms with Gasteiger partial charge >= 0.3 is 5.97 Å². The fraction of sp³-hybridized carbons (Fsp3) is 0.667. The molecular weight excluding hydrogens is 332 g/mol. The molecule has 0 atom stereocenters. The first kappa shape index (κ1) is 20.8. The standard InChI is InChI=1S/C12H22N4O4S.ClH/c1-5-20-11(17)9-6-14-15-10(9)21(18,19)16(4)8-12(2,3)7-13;/h6H,5,7-8,13H2,1-4H3,(H,14,15);1H. The zero-order valence-electron chi connectivity index (χ0n) is 13.1. The largest absolute Gasteiger partial charge is 0.462 e. The van der Waals surface area contributed by atoms with Crippen LogP contribution in [0.5, 0.6) is 0 Å². The molecular formula is C12H23ClN4O4S. The summed E-state index contributed by atoms with van der Waals surface area (Å²) in [5.41, 5.74) is 5.13. The summed E-state index contributed by atoms with van der Waals surface area (Å²) in [5.74, 6) is -0.726. The molecule has 1 aromatic rings. The van der Waals surface area contributed by atoms with Crippen LogP contribution in [0, 0.1) is 5.41 Å². The van der Waals surface area contributed by atoms with E-state index in [-0.39, 0.29) is 41.6 Å². The summed E-state index contributed by atoms with van der Waals surface area (Å²) in [6.45, 7) is 6.06. The van der Waals surface area contributed by atoms with Crippen molar-refractivity contribution < 1.29 is 17.9 Å². The van der Waals surface area contributed by atoms with Gasteiger partial charge in [0.15, 0.2) is 5.03 Å². The molecule has 22 heavy (non-hydrogen) atoms. The quantitative estimate of drug-likeness (QED) is 0.692. The third kappa shape index (κ3) is 4.67. The molecule has 0 bridgehead atoms. The summed E-state index contributed by atoms with van der Waals surface area (Å²) in [6.07, 6.45) is 1.15. The summed E-state index contributed by atoms with van der Waals surface area (Å²) in [4.78, 5) is 11.8. The second kappa shape index (κ2) is 7.91. The molecule has 10 heteroatoms. The molecule has 0 aliphatic heterocycles. The summed E-state index contributed by atoms with van der Waals surface area (Å²) >= 11 is 0. The minimum Gasteiger partial charge on any atom is -0.462 e. The van der Waals surface area contributed by atoms with Gasteiger partial charge in [-0.05, 0) is 18.9 Å². The second-order valence-electron chi connectivity index (χ2n) is 5.46. The Kier molecular flexibility index (Phi) is 7.49. The van der Waals surface area contributed by atoms with Crippen LogP contribution in [0.15, 0.2) is 11.2 Å². The SMILES string of the molecule is CCOC(=O)c1cn[nH]c1S(=O)(=O)N(C)CC(C)(C)CN.Cl. The number of halogens is 1. The van der Waals surface area contributed by atoms with E-state index in [1.54, 1.807) is 6.92 Å². The fourth-order valence-corrected chi connectivity index (χ4v) is 3.15. The number of nitrogens with zero attached hydrogens (tertiary/aromatic N) is 2. The van der Waals surface area contributed by atoms with Gasteiger partial charge in [0.05, 0.1) is 12.8 Å². The van der Waals surface area contributed by atoms with Crippen molar-refractivity contribution in [3.05, 3.63) is 11.8 Å². The summed E-state index contributed by atoms with van der Waals surface area (Å²) in [5, 5.41) is 5.73. The molecule has 0 saturated carbocycles. The molecule has 0 aromatic carbocycles. The molecule has 0 amide bonds. The number of rotatable bonds is 7. The Hall–Kier alpha value is -1.16. The van der Waals surface area contributed by atoms with E-state index in [2.05, 4.69) is 10.2 Å². The van der Waals surface area contributed by atoms with Crippen LogP contribution >= 0.6 is 12.4 Å². The Morgan fingerprint density at radius 1 is 1.50 bits per heavy atom. The normalized spacial score (nSPS) is 12.1. The van der Waals surface area contributed by atoms with Gasteiger partial charge in [0.1, 0.15) is 5.56 Å². The number of carbonyl (C=O) groups is 1. The highest BCUT2D eigenvalue weighted by Gasteiger charge is 2.32. The third-order valence-corrected chi connectivity index (χ3v) is 4.75. The number of nitrogens with two attached hydrogens (primary N) is 1. The van der Waals surface area contributed by atoms with Gasteiger partial charge in [-0.25, -0.2) is 13.2 Å². The number of H-pyrrole nitrogens is 1. The number of sulfonamides is 1. The number of aromatic nitrogens is 2. The van der Waals surface area contributed by atoms with Crippen molar-refractivity contribution in [1.29, 1.82) is 0 Å². The van der Waals surface area contributed by atoms with Crippen molar-refractivity contribution in [1.82, 2.24) is 14.5 Å². The van der Waals surface area contributed by atoms with E-state index in [0.717, 1.165) is 10.5 Å². The number of ether oxygens (including phenoxy) is 1. The maximum Gasteiger partial charge on any atom is 0.342 e. The molecule has 3 N–H and O–H groups in total. The number of esters is 1. The van der Waals surface area contributed by atoms with E-state index in [4.69, 9.17) is 10.5 Å². The van der Waals surface area contributed by atoms with Crippen molar-refractivity contribution in [2.75, 3.05) is 26.7 Å². The average Bonchev–Trinajstić information content (AvgIpc) is 2.88. The van der Waals surface area contributed by atoms with Crippen molar-refractivity contribution >= 4 is 28.4 Å². The molecule has 1 heterocycles. The van der Waals surface area contributed by atoms with Crippen LogP contribution in [-0.2, 0) is 14.8 Å². The fourth-order valence-electron chi connectivity index (χ4n) is 1.73. The highest BCUT2D eigenvalue weighted by molar-refractivity contribution is 7.89. The van der Waals surface area contributed by atoms with Crippen LogP contribution < -0.4 is 5.73 Å². The van der Waals surface area contributed by atoms with E-state index in [1.807, 2.05) is 13.8 Å². The van der Waals surface area contributed by atoms with Crippen LogP contribution in [0.1, 0.15) is 31.1 Å². The van der Waals surface area contributed by atoms with E-state index in [0.29, 0.717) is 6.54 Å². The first-order valence-electron chi connectivity index (χ1n) is 6.52. The number of carbonyl (C=O) groups excluding carboxylic acids is 1. The molecule has 0 spiro atoms. The molecule has 8 nitrogen and oxygen atoms in total. The minimum absolute atomic E-state index is 0. The lowest BCUT2D eigenvalue weighted by molar-refractivity contribution is 0.0521. The van der Waals surface area contributed by atoms with Gasteiger partial charge in [-0.2, -0.15) is 9.40 Å². The van der Waals surface area contributed by atoms with Gasteiger partial charge in [-0.1, -0.05) is 13.8 Å². The van der Waals surface area contributed by atoms with Gasteiger partial charge in [0, 0.05) is 13.6 Å². The molecule has 0 aliphatic rings. The van der Waals surface area contributed by atoms with Crippen LogP contribution in [0.25, 0.3) is 0 Å². The molecule has 0 saturated heterocycles. The predicted molar refractivity (Wildman–Crippen MR) is 84.4 cm³/mol. The predicted octanol–water partition coefficient (Wildman–Crippen LogP) is 0.614. The molecule has 128 valence electrons. The summed E-state index contributed by atoms with van der Waals surface area (Å²) in [7, 11) is -2.44. The molecule has 0 fully saturated rings. The first-order valence-corrected chi connectivity index (χ1v) is 7.96. The van der Waals surface area contributed by atoms with Crippen molar-refractivity contribution in [3.63, 3.8) is 0 Å². The van der Waals surface area contributed by atoms with Gasteiger partial charge < -0.3 is 10.5 Å². The van der Waals surface area contributed by atoms with E-state index in [9.17, 15) is 13.2 Å². The van der Waals surface area contributed by atoms with Gasteiger partial charge in [0.2, 0.25) is 0 Å². The number of hydrogen-bond donors (Lipinski definition) is 2. The van der Waals surface area contributed by atoms with Gasteiger partial charge in [-0.15, -0.1) is 12.4 Å². The van der Waals surface area contributed by atoms with Gasteiger partial charge in [0.25, 0.3) is 10.0 Å². The lowest BCUT2D eigenvalue weighted by atomic mass is 9.94. The first-order chi connectivity index (χ1) is 9.65. The van der Waals surface area contributed by atoms with Crippen molar-refractivity contribution in [2.45, 2.75) is 25.8 Å². The Morgan fingerprint density at radius 2 is 2.09 bits per heavy atom. The number of nitrogens with one attached hydrogen (secondary N) is 1. The summed E-state index contributed by atoms with van der Waals surface area (Å²) in [6, 6.07) is 0. The smallest absolute Gasteiger partial charge is 0.342 e. The highest BCUT2D eigenvalue weighted by Crippen LogP contribution is 2.22. The van der Waals surface area contributed by atoms with Crippen LogP contribution in [0.3, 0.4) is 0 Å². The van der Waals surface area contributed by atoms with E-state index < -0.39 is 16.0 Å². The van der Waals surface area contributed by atoms with Crippen LogP contribution in [0.2, 0.25) is 0 Å². The maximum atomic E-state index is 12.5. The zero-order chi connectivity index (χ0) is 16.3. The Balaban J connectivity index is 0.00000441.